The van der Waals surface area contributed by atoms with Gasteiger partial charge in [0, 0.05) is 64.3 Å². The number of nitrogens with zero attached hydrogens (tertiary/aromatic N) is 2. The predicted molar refractivity (Wildman–Crippen MR) is 120 cm³/mol. The molecule has 162 valence electrons. The minimum atomic E-state index is 0.557. The quantitative estimate of drug-likeness (QED) is 0.358. The van der Waals surface area contributed by atoms with Gasteiger partial charge in [-0.15, -0.1) is 0 Å². The Morgan fingerprint density at radius 1 is 1.24 bits per heavy atom. The molecule has 6 nitrogen and oxygen atoms in total. The molecule has 2 heterocycles. The van der Waals surface area contributed by atoms with E-state index in [0.29, 0.717) is 12.0 Å². The van der Waals surface area contributed by atoms with Crippen LogP contribution in [0.25, 0.3) is 0 Å². The first-order chi connectivity index (χ1) is 14.3. The lowest BCUT2D eigenvalue weighted by molar-refractivity contribution is 0.0205. The summed E-state index contributed by atoms with van der Waals surface area (Å²) >= 11 is 0. The number of fused-ring (bicyclic) bond motifs is 1. The summed E-state index contributed by atoms with van der Waals surface area (Å²) in [6, 6.07) is 9.30. The molecule has 6 heteroatoms. The van der Waals surface area contributed by atoms with E-state index in [4.69, 9.17) is 14.5 Å². The fraction of sp³-hybridized carbons (Fsp3) is 0.696. The summed E-state index contributed by atoms with van der Waals surface area (Å²) in [7, 11) is 0. The standard InChI is InChI=1S/C23H38N4O2/c1-3-24-23(25-11-6-14-29-18-20-9-15-28-16-10-20)26-12-13-27-19(2)17-21-7-4-5-8-22(21)27/h4-5,7-8,19-20H,3,6,9-18H2,1-2H3,(H2,24,25,26). The van der Waals surface area contributed by atoms with Crippen molar-refractivity contribution in [2.45, 2.75) is 45.6 Å². The van der Waals surface area contributed by atoms with E-state index in [9.17, 15) is 0 Å². The molecule has 1 saturated heterocycles. The number of rotatable bonds is 10. The van der Waals surface area contributed by atoms with Crippen molar-refractivity contribution in [3.63, 3.8) is 0 Å². The maximum absolute atomic E-state index is 5.84. The van der Waals surface area contributed by atoms with E-state index in [-0.39, 0.29) is 0 Å². The third-order valence-corrected chi connectivity index (χ3v) is 5.75. The van der Waals surface area contributed by atoms with Gasteiger partial charge in [-0.25, -0.2) is 0 Å². The Hall–Kier alpha value is -1.79. The van der Waals surface area contributed by atoms with Crippen molar-refractivity contribution in [3.05, 3.63) is 29.8 Å². The predicted octanol–water partition coefficient (Wildman–Crippen LogP) is 2.83. The first-order valence-electron chi connectivity index (χ1n) is 11.3. The van der Waals surface area contributed by atoms with Gasteiger partial charge in [-0.2, -0.15) is 0 Å². The maximum atomic E-state index is 5.84. The highest BCUT2D eigenvalue weighted by atomic mass is 16.5. The summed E-state index contributed by atoms with van der Waals surface area (Å²) in [5.41, 5.74) is 2.84. The van der Waals surface area contributed by atoms with E-state index >= 15 is 0 Å². The summed E-state index contributed by atoms with van der Waals surface area (Å²) < 4.78 is 11.2. The van der Waals surface area contributed by atoms with Crippen molar-refractivity contribution < 1.29 is 9.47 Å². The molecule has 1 atom stereocenters. The molecule has 0 saturated carbocycles. The van der Waals surface area contributed by atoms with Gasteiger partial charge >= 0.3 is 0 Å². The van der Waals surface area contributed by atoms with E-state index in [0.717, 1.165) is 84.2 Å². The van der Waals surface area contributed by atoms with Crippen LogP contribution in [0.15, 0.2) is 29.3 Å². The highest BCUT2D eigenvalue weighted by Crippen LogP contribution is 2.31. The summed E-state index contributed by atoms with van der Waals surface area (Å²) in [5.74, 6) is 1.57. The topological polar surface area (TPSA) is 58.1 Å². The lowest BCUT2D eigenvalue weighted by Gasteiger charge is -2.25. The largest absolute Gasteiger partial charge is 0.381 e. The van der Waals surface area contributed by atoms with Crippen molar-refractivity contribution in [2.75, 3.05) is 57.5 Å². The Balaban J connectivity index is 1.34. The number of guanidine groups is 1. The lowest BCUT2D eigenvalue weighted by Crippen LogP contribution is -2.43. The van der Waals surface area contributed by atoms with E-state index in [1.54, 1.807) is 0 Å². The summed E-state index contributed by atoms with van der Waals surface area (Å²) in [5, 5.41) is 6.83. The SMILES string of the molecule is CCNC(=NCCCOCC1CCOCC1)NCCN1c2ccccc2CC1C. The molecular formula is C23H38N4O2. The zero-order valence-corrected chi connectivity index (χ0v) is 18.2. The first kappa shape index (κ1) is 21.9. The molecule has 0 aromatic heterocycles. The van der Waals surface area contributed by atoms with Crippen LogP contribution in [0, 0.1) is 5.92 Å². The van der Waals surface area contributed by atoms with Crippen molar-refractivity contribution in [1.82, 2.24) is 10.6 Å². The summed E-state index contributed by atoms with van der Waals surface area (Å²) in [4.78, 5) is 7.20. The molecular weight excluding hydrogens is 364 g/mol. The summed E-state index contributed by atoms with van der Waals surface area (Å²) in [6.07, 6.45) is 4.36. The Kier molecular flexibility index (Phi) is 9.09. The van der Waals surface area contributed by atoms with Crippen molar-refractivity contribution in [3.8, 4) is 0 Å². The monoisotopic (exact) mass is 402 g/mol. The van der Waals surface area contributed by atoms with Crippen LogP contribution in [0.3, 0.4) is 0 Å². The minimum Gasteiger partial charge on any atom is -0.381 e. The highest BCUT2D eigenvalue weighted by Gasteiger charge is 2.24. The maximum Gasteiger partial charge on any atom is 0.191 e. The Labute approximate surface area is 176 Å². The fourth-order valence-electron chi connectivity index (χ4n) is 4.13. The average Bonchev–Trinajstić information content (AvgIpc) is 3.06. The van der Waals surface area contributed by atoms with Gasteiger partial charge in [-0.1, -0.05) is 18.2 Å². The fourth-order valence-corrected chi connectivity index (χ4v) is 4.13. The van der Waals surface area contributed by atoms with Crippen LogP contribution in [0.4, 0.5) is 5.69 Å². The van der Waals surface area contributed by atoms with Gasteiger partial charge in [-0.3, -0.25) is 4.99 Å². The number of anilines is 1. The molecule has 0 bridgehead atoms. The van der Waals surface area contributed by atoms with Gasteiger partial charge in [0.25, 0.3) is 0 Å². The van der Waals surface area contributed by atoms with Crippen LogP contribution < -0.4 is 15.5 Å². The molecule has 1 unspecified atom stereocenters. The zero-order chi connectivity index (χ0) is 20.3. The van der Waals surface area contributed by atoms with Crippen molar-refractivity contribution in [1.29, 1.82) is 0 Å². The minimum absolute atomic E-state index is 0.557. The van der Waals surface area contributed by atoms with Gasteiger partial charge in [0.15, 0.2) is 5.96 Å². The molecule has 0 aliphatic carbocycles. The third kappa shape index (κ3) is 6.89. The van der Waals surface area contributed by atoms with E-state index < -0.39 is 0 Å². The zero-order valence-electron chi connectivity index (χ0n) is 18.2. The molecule has 0 amide bonds. The second kappa shape index (κ2) is 12.0. The molecule has 0 radical (unpaired) electrons. The average molecular weight is 403 g/mol. The van der Waals surface area contributed by atoms with E-state index in [2.05, 4.69) is 53.6 Å². The van der Waals surface area contributed by atoms with E-state index in [1.807, 2.05) is 0 Å². The second-order valence-electron chi connectivity index (χ2n) is 8.05. The first-order valence-corrected chi connectivity index (χ1v) is 11.3. The van der Waals surface area contributed by atoms with Crippen LogP contribution in [0.2, 0.25) is 0 Å². The number of aliphatic imine (C=N–C) groups is 1. The third-order valence-electron chi connectivity index (χ3n) is 5.75. The van der Waals surface area contributed by atoms with Gasteiger partial charge in [-0.05, 0) is 57.1 Å². The number of nitrogens with one attached hydrogen (secondary N) is 2. The van der Waals surface area contributed by atoms with Crippen LogP contribution in [-0.2, 0) is 15.9 Å². The lowest BCUT2D eigenvalue weighted by atomic mass is 10.0. The molecule has 1 fully saturated rings. The van der Waals surface area contributed by atoms with Crippen LogP contribution in [0.1, 0.15) is 38.7 Å². The molecule has 0 spiro atoms. The van der Waals surface area contributed by atoms with Crippen molar-refractivity contribution in [2.24, 2.45) is 10.9 Å². The molecule has 2 N–H and O–H groups in total. The number of hydrogen-bond donors (Lipinski definition) is 2. The second-order valence-corrected chi connectivity index (χ2v) is 8.05. The molecule has 1 aromatic carbocycles. The van der Waals surface area contributed by atoms with Crippen molar-refractivity contribution >= 4 is 11.6 Å². The Morgan fingerprint density at radius 2 is 2.07 bits per heavy atom. The Morgan fingerprint density at radius 3 is 2.90 bits per heavy atom. The number of hydrogen-bond acceptors (Lipinski definition) is 4. The number of ether oxygens (including phenoxy) is 2. The molecule has 2 aliphatic heterocycles. The number of para-hydroxylation sites is 1. The smallest absolute Gasteiger partial charge is 0.191 e. The summed E-state index contributed by atoms with van der Waals surface area (Å²) in [6.45, 7) is 11.3. The highest BCUT2D eigenvalue weighted by molar-refractivity contribution is 5.79. The van der Waals surface area contributed by atoms with E-state index in [1.165, 1.54) is 11.3 Å². The van der Waals surface area contributed by atoms with Gasteiger partial charge in [0.05, 0.1) is 0 Å². The normalized spacial score (nSPS) is 20.0. The molecule has 29 heavy (non-hydrogen) atoms. The number of benzene rings is 1. The van der Waals surface area contributed by atoms with Gasteiger partial charge in [0.1, 0.15) is 0 Å². The Bertz CT molecular complexity index is 631. The van der Waals surface area contributed by atoms with Gasteiger partial charge < -0.3 is 25.0 Å². The van der Waals surface area contributed by atoms with Crippen LogP contribution in [0.5, 0.6) is 0 Å². The molecule has 2 aliphatic rings. The van der Waals surface area contributed by atoms with Crippen LogP contribution in [-0.4, -0.2) is 64.6 Å². The van der Waals surface area contributed by atoms with Gasteiger partial charge in [0.2, 0.25) is 0 Å². The molecule has 3 rings (SSSR count). The molecule has 1 aromatic rings. The van der Waals surface area contributed by atoms with Crippen LogP contribution >= 0.6 is 0 Å².